The van der Waals surface area contributed by atoms with Gasteiger partial charge in [-0.05, 0) is 30.4 Å². The highest BCUT2D eigenvalue weighted by atomic mass is 35.5. The average Bonchev–Trinajstić information content (AvgIpc) is 2.77. The van der Waals surface area contributed by atoms with Crippen LogP contribution in [0.2, 0.25) is 0 Å². The minimum atomic E-state index is 0.240. The monoisotopic (exact) mass is 279 g/mol. The Bertz CT molecular complexity index is 575. The van der Waals surface area contributed by atoms with Crippen LogP contribution in [0.4, 0.5) is 0 Å². The van der Waals surface area contributed by atoms with E-state index >= 15 is 0 Å². The SMILES string of the molecule is CC1(Cn2c(CCl)nc3cccnc32)CCOCC1. The van der Waals surface area contributed by atoms with Crippen LogP contribution in [0.1, 0.15) is 25.6 Å². The third kappa shape index (κ3) is 2.47. The first-order chi connectivity index (χ1) is 9.22. The van der Waals surface area contributed by atoms with Crippen LogP contribution >= 0.6 is 11.6 Å². The topological polar surface area (TPSA) is 39.9 Å². The van der Waals surface area contributed by atoms with Crippen LogP contribution in [-0.4, -0.2) is 27.7 Å². The number of halogens is 1. The van der Waals surface area contributed by atoms with Crippen LogP contribution in [0.25, 0.3) is 11.2 Å². The van der Waals surface area contributed by atoms with Crippen molar-refractivity contribution >= 4 is 22.8 Å². The lowest BCUT2D eigenvalue weighted by Crippen LogP contribution is -2.31. The molecule has 0 N–H and O–H groups in total. The molecule has 0 amide bonds. The van der Waals surface area contributed by atoms with Crippen LogP contribution in [0, 0.1) is 5.41 Å². The Morgan fingerprint density at radius 3 is 2.95 bits per heavy atom. The molecule has 0 saturated carbocycles. The van der Waals surface area contributed by atoms with Crippen molar-refractivity contribution in [3.63, 3.8) is 0 Å². The molecule has 102 valence electrons. The first-order valence-corrected chi connectivity index (χ1v) is 7.19. The molecular weight excluding hydrogens is 262 g/mol. The molecule has 1 fully saturated rings. The molecule has 2 aromatic heterocycles. The zero-order valence-electron chi connectivity index (χ0n) is 11.1. The molecule has 4 nitrogen and oxygen atoms in total. The molecule has 3 rings (SSSR count). The fourth-order valence-corrected chi connectivity index (χ4v) is 2.88. The summed E-state index contributed by atoms with van der Waals surface area (Å²) in [7, 11) is 0. The van der Waals surface area contributed by atoms with Gasteiger partial charge in [-0.3, -0.25) is 0 Å². The van der Waals surface area contributed by atoms with Crippen molar-refractivity contribution in [1.82, 2.24) is 14.5 Å². The van der Waals surface area contributed by atoms with Crippen molar-refractivity contribution in [2.24, 2.45) is 5.41 Å². The Kier molecular flexibility index (Phi) is 3.46. The highest BCUT2D eigenvalue weighted by Gasteiger charge is 2.29. The largest absolute Gasteiger partial charge is 0.381 e. The molecule has 1 aliphatic rings. The van der Waals surface area contributed by atoms with E-state index in [1.165, 1.54) is 0 Å². The molecule has 0 aliphatic carbocycles. The van der Waals surface area contributed by atoms with E-state index < -0.39 is 0 Å². The Labute approximate surface area is 117 Å². The van der Waals surface area contributed by atoms with Gasteiger partial charge in [0.15, 0.2) is 5.65 Å². The van der Waals surface area contributed by atoms with Gasteiger partial charge in [-0.25, -0.2) is 9.97 Å². The minimum absolute atomic E-state index is 0.240. The van der Waals surface area contributed by atoms with Crippen molar-refractivity contribution in [3.05, 3.63) is 24.2 Å². The predicted octanol–water partition coefficient (Wildman–Crippen LogP) is 2.99. The van der Waals surface area contributed by atoms with Crippen molar-refractivity contribution in [1.29, 1.82) is 0 Å². The summed E-state index contributed by atoms with van der Waals surface area (Å²) in [4.78, 5) is 9.02. The number of alkyl halides is 1. The van der Waals surface area contributed by atoms with E-state index in [1.807, 2.05) is 18.3 Å². The summed E-state index contributed by atoms with van der Waals surface area (Å²) in [5.74, 6) is 1.33. The van der Waals surface area contributed by atoms with Crippen LogP contribution in [0.5, 0.6) is 0 Å². The smallest absolute Gasteiger partial charge is 0.160 e. The minimum Gasteiger partial charge on any atom is -0.381 e. The second-order valence-electron chi connectivity index (χ2n) is 5.52. The molecule has 19 heavy (non-hydrogen) atoms. The van der Waals surface area contributed by atoms with Gasteiger partial charge in [-0.2, -0.15) is 0 Å². The van der Waals surface area contributed by atoms with Gasteiger partial charge in [0, 0.05) is 26.0 Å². The number of rotatable bonds is 3. The number of hydrogen-bond donors (Lipinski definition) is 0. The molecule has 5 heteroatoms. The van der Waals surface area contributed by atoms with E-state index in [9.17, 15) is 0 Å². The van der Waals surface area contributed by atoms with Gasteiger partial charge >= 0.3 is 0 Å². The van der Waals surface area contributed by atoms with Gasteiger partial charge in [0.1, 0.15) is 11.3 Å². The fourth-order valence-electron chi connectivity index (χ4n) is 2.68. The molecule has 3 heterocycles. The Hall–Kier alpha value is -1.13. The highest BCUT2D eigenvalue weighted by Crippen LogP contribution is 2.33. The standard InChI is InChI=1S/C14H18ClN3O/c1-14(4-7-19-8-5-14)10-18-12(9-15)17-11-3-2-6-16-13(11)18/h2-3,6H,4-5,7-10H2,1H3. The maximum atomic E-state index is 6.03. The maximum Gasteiger partial charge on any atom is 0.160 e. The van der Waals surface area contributed by atoms with Crippen LogP contribution in [-0.2, 0) is 17.2 Å². The van der Waals surface area contributed by atoms with E-state index in [4.69, 9.17) is 16.3 Å². The molecular formula is C14H18ClN3O. The van der Waals surface area contributed by atoms with E-state index in [0.29, 0.717) is 5.88 Å². The molecule has 0 bridgehead atoms. The number of aromatic nitrogens is 3. The number of fused-ring (bicyclic) bond motifs is 1. The van der Waals surface area contributed by atoms with Crippen LogP contribution in [0.3, 0.4) is 0 Å². The van der Waals surface area contributed by atoms with Crippen molar-refractivity contribution < 1.29 is 4.74 Å². The van der Waals surface area contributed by atoms with Crippen molar-refractivity contribution in [2.45, 2.75) is 32.2 Å². The summed E-state index contributed by atoms with van der Waals surface area (Å²) in [6.45, 7) is 4.90. The summed E-state index contributed by atoms with van der Waals surface area (Å²) >= 11 is 6.03. The Morgan fingerprint density at radius 2 is 2.21 bits per heavy atom. The molecule has 0 spiro atoms. The lowest BCUT2D eigenvalue weighted by atomic mass is 9.82. The van der Waals surface area contributed by atoms with E-state index in [0.717, 1.165) is 49.6 Å². The third-order valence-electron chi connectivity index (χ3n) is 3.94. The van der Waals surface area contributed by atoms with Gasteiger partial charge < -0.3 is 9.30 Å². The normalized spacial score (nSPS) is 18.8. The van der Waals surface area contributed by atoms with Crippen molar-refractivity contribution in [2.75, 3.05) is 13.2 Å². The van der Waals surface area contributed by atoms with Gasteiger partial charge in [-0.15, -0.1) is 11.6 Å². The number of pyridine rings is 1. The molecule has 1 aliphatic heterocycles. The first-order valence-electron chi connectivity index (χ1n) is 6.66. The van der Waals surface area contributed by atoms with Crippen LogP contribution in [0.15, 0.2) is 18.3 Å². The number of ether oxygens (including phenoxy) is 1. The number of imidazole rings is 1. The fraction of sp³-hybridized carbons (Fsp3) is 0.571. The quantitative estimate of drug-likeness (QED) is 0.811. The third-order valence-corrected chi connectivity index (χ3v) is 4.18. The lowest BCUT2D eigenvalue weighted by molar-refractivity contribution is 0.0157. The molecule has 0 unspecified atom stereocenters. The molecule has 0 atom stereocenters. The predicted molar refractivity (Wildman–Crippen MR) is 75.2 cm³/mol. The summed E-state index contributed by atoms with van der Waals surface area (Å²) in [6, 6.07) is 3.90. The van der Waals surface area contributed by atoms with E-state index in [-0.39, 0.29) is 5.41 Å². The summed E-state index contributed by atoms with van der Waals surface area (Å²) in [6.07, 6.45) is 3.95. The van der Waals surface area contributed by atoms with Crippen LogP contribution < -0.4 is 0 Å². The highest BCUT2D eigenvalue weighted by molar-refractivity contribution is 6.16. The molecule has 2 aromatic rings. The molecule has 0 radical (unpaired) electrons. The summed E-state index contributed by atoms with van der Waals surface area (Å²) in [5, 5.41) is 0. The molecule has 1 saturated heterocycles. The summed E-state index contributed by atoms with van der Waals surface area (Å²) < 4.78 is 7.64. The summed E-state index contributed by atoms with van der Waals surface area (Å²) in [5.41, 5.74) is 2.10. The lowest BCUT2D eigenvalue weighted by Gasteiger charge is -2.34. The number of hydrogen-bond acceptors (Lipinski definition) is 3. The van der Waals surface area contributed by atoms with E-state index in [2.05, 4.69) is 21.5 Å². The van der Waals surface area contributed by atoms with E-state index in [1.54, 1.807) is 0 Å². The average molecular weight is 280 g/mol. The maximum absolute atomic E-state index is 6.03. The zero-order valence-corrected chi connectivity index (χ0v) is 11.9. The second-order valence-corrected chi connectivity index (χ2v) is 5.78. The Morgan fingerprint density at radius 1 is 1.42 bits per heavy atom. The van der Waals surface area contributed by atoms with Gasteiger partial charge in [-0.1, -0.05) is 6.92 Å². The second kappa shape index (κ2) is 5.10. The first kappa shape index (κ1) is 12.9. The van der Waals surface area contributed by atoms with Crippen molar-refractivity contribution in [3.8, 4) is 0 Å². The van der Waals surface area contributed by atoms with Gasteiger partial charge in [0.25, 0.3) is 0 Å². The number of nitrogens with zero attached hydrogens (tertiary/aromatic N) is 3. The Balaban J connectivity index is 1.99. The van der Waals surface area contributed by atoms with Gasteiger partial charge in [0.2, 0.25) is 0 Å². The van der Waals surface area contributed by atoms with Gasteiger partial charge in [0.05, 0.1) is 5.88 Å². The zero-order chi connectivity index (χ0) is 13.3. The molecule has 0 aromatic carbocycles.